The summed E-state index contributed by atoms with van der Waals surface area (Å²) in [6.07, 6.45) is 0. The van der Waals surface area contributed by atoms with Crippen LogP contribution in [0.15, 0.2) is 16.6 Å². The van der Waals surface area contributed by atoms with E-state index in [0.29, 0.717) is 31.3 Å². The first-order valence-electron chi connectivity index (χ1n) is 5.88. The van der Waals surface area contributed by atoms with E-state index in [2.05, 4.69) is 15.9 Å². The molecule has 0 fully saturated rings. The Labute approximate surface area is 122 Å². The molecule has 1 atom stereocenters. The highest BCUT2D eigenvalue weighted by atomic mass is 79.9. The van der Waals surface area contributed by atoms with E-state index in [1.807, 2.05) is 12.1 Å². The van der Waals surface area contributed by atoms with Crippen LogP contribution in [0, 0.1) is 0 Å². The molecular weight excluding hydrogens is 314 g/mol. The lowest BCUT2D eigenvalue weighted by Crippen LogP contribution is -2.19. The fourth-order valence-electron chi connectivity index (χ4n) is 1.65. The van der Waals surface area contributed by atoms with Crippen molar-refractivity contribution in [1.29, 1.82) is 0 Å². The molecule has 6 heteroatoms. The van der Waals surface area contributed by atoms with Gasteiger partial charge >= 0.3 is 0 Å². The smallest absolute Gasteiger partial charge is 0.141 e. The third-order valence-corrected chi connectivity index (χ3v) is 3.40. The van der Waals surface area contributed by atoms with Gasteiger partial charge in [0, 0.05) is 12.7 Å². The Bertz CT molecular complexity index is 400. The van der Waals surface area contributed by atoms with Crippen molar-refractivity contribution in [3.05, 3.63) is 22.2 Å². The van der Waals surface area contributed by atoms with E-state index >= 15 is 0 Å². The van der Waals surface area contributed by atoms with Gasteiger partial charge in [-0.1, -0.05) is 0 Å². The van der Waals surface area contributed by atoms with Crippen molar-refractivity contribution in [2.45, 2.75) is 6.04 Å². The van der Waals surface area contributed by atoms with E-state index in [4.69, 9.17) is 24.7 Å². The first-order chi connectivity index (χ1) is 9.15. The SMILES string of the molecule is COCCOCC(N)c1ccc(OC)c(Br)c1OC. The monoisotopic (exact) mass is 333 g/mol. The highest BCUT2D eigenvalue weighted by Gasteiger charge is 2.17. The number of nitrogens with two attached hydrogens (primary N) is 1. The van der Waals surface area contributed by atoms with Crippen LogP contribution in [0.25, 0.3) is 0 Å². The Morgan fingerprint density at radius 1 is 1.16 bits per heavy atom. The lowest BCUT2D eigenvalue weighted by molar-refractivity contribution is 0.0633. The molecule has 0 aromatic heterocycles. The fraction of sp³-hybridized carbons (Fsp3) is 0.538. The lowest BCUT2D eigenvalue weighted by atomic mass is 10.1. The van der Waals surface area contributed by atoms with Crippen molar-refractivity contribution >= 4 is 15.9 Å². The summed E-state index contributed by atoms with van der Waals surface area (Å²) in [6, 6.07) is 3.46. The van der Waals surface area contributed by atoms with Crippen molar-refractivity contribution in [3.63, 3.8) is 0 Å². The molecule has 0 spiro atoms. The van der Waals surface area contributed by atoms with Crippen molar-refractivity contribution in [3.8, 4) is 11.5 Å². The Hall–Kier alpha value is -0.820. The molecule has 19 heavy (non-hydrogen) atoms. The molecular formula is C13H20BrNO4. The van der Waals surface area contributed by atoms with Crippen LogP contribution in [-0.2, 0) is 9.47 Å². The number of benzene rings is 1. The predicted molar refractivity (Wildman–Crippen MR) is 76.9 cm³/mol. The maximum atomic E-state index is 6.11. The highest BCUT2D eigenvalue weighted by molar-refractivity contribution is 9.10. The van der Waals surface area contributed by atoms with Gasteiger partial charge in [0.1, 0.15) is 16.0 Å². The van der Waals surface area contributed by atoms with Crippen molar-refractivity contribution in [2.24, 2.45) is 5.73 Å². The van der Waals surface area contributed by atoms with Crippen LogP contribution in [0.5, 0.6) is 11.5 Å². The standard InChI is InChI=1S/C13H20BrNO4/c1-16-6-7-19-8-10(15)9-4-5-11(17-2)12(14)13(9)18-3/h4-5,10H,6-8,15H2,1-3H3. The minimum Gasteiger partial charge on any atom is -0.495 e. The number of halogens is 1. The van der Waals surface area contributed by atoms with Gasteiger partial charge in [-0.25, -0.2) is 0 Å². The van der Waals surface area contributed by atoms with E-state index < -0.39 is 0 Å². The molecule has 1 aromatic carbocycles. The molecule has 108 valence electrons. The molecule has 0 aliphatic rings. The van der Waals surface area contributed by atoms with Crippen LogP contribution >= 0.6 is 15.9 Å². The molecule has 0 radical (unpaired) electrons. The van der Waals surface area contributed by atoms with Gasteiger partial charge in [-0.3, -0.25) is 0 Å². The van der Waals surface area contributed by atoms with Crippen molar-refractivity contribution in [2.75, 3.05) is 41.2 Å². The zero-order valence-electron chi connectivity index (χ0n) is 11.4. The van der Waals surface area contributed by atoms with E-state index in [1.165, 1.54) is 0 Å². The lowest BCUT2D eigenvalue weighted by Gasteiger charge is -2.18. The second-order valence-electron chi connectivity index (χ2n) is 3.88. The summed E-state index contributed by atoms with van der Waals surface area (Å²) in [5, 5.41) is 0. The van der Waals surface area contributed by atoms with E-state index in [1.54, 1.807) is 21.3 Å². The largest absolute Gasteiger partial charge is 0.495 e. The Morgan fingerprint density at radius 2 is 1.89 bits per heavy atom. The molecule has 1 unspecified atom stereocenters. The number of rotatable bonds is 8. The molecule has 0 bridgehead atoms. The summed E-state index contributed by atoms with van der Waals surface area (Å²) in [6.45, 7) is 1.47. The summed E-state index contributed by atoms with van der Waals surface area (Å²) in [4.78, 5) is 0. The zero-order chi connectivity index (χ0) is 14.3. The average molecular weight is 334 g/mol. The molecule has 1 rings (SSSR count). The summed E-state index contributed by atoms with van der Waals surface area (Å²) in [7, 11) is 4.83. The van der Waals surface area contributed by atoms with Crippen LogP contribution in [0.1, 0.15) is 11.6 Å². The van der Waals surface area contributed by atoms with Gasteiger partial charge in [-0.2, -0.15) is 0 Å². The summed E-state index contributed by atoms with van der Waals surface area (Å²) in [5.74, 6) is 1.37. The van der Waals surface area contributed by atoms with Gasteiger partial charge in [0.25, 0.3) is 0 Å². The minimum absolute atomic E-state index is 0.269. The molecule has 0 heterocycles. The Morgan fingerprint density at radius 3 is 2.47 bits per heavy atom. The second-order valence-corrected chi connectivity index (χ2v) is 4.67. The van der Waals surface area contributed by atoms with E-state index in [9.17, 15) is 0 Å². The topological polar surface area (TPSA) is 62.9 Å². The maximum absolute atomic E-state index is 6.11. The fourth-order valence-corrected chi connectivity index (χ4v) is 2.34. The highest BCUT2D eigenvalue weighted by Crippen LogP contribution is 2.39. The van der Waals surface area contributed by atoms with E-state index in [0.717, 1.165) is 10.0 Å². The molecule has 0 aliphatic carbocycles. The molecule has 0 saturated heterocycles. The third-order valence-electron chi connectivity index (χ3n) is 2.64. The van der Waals surface area contributed by atoms with Gasteiger partial charge in [0.15, 0.2) is 0 Å². The quantitative estimate of drug-likeness (QED) is 0.738. The predicted octanol–water partition coefficient (Wildman–Crippen LogP) is 2.13. The van der Waals surface area contributed by atoms with Gasteiger partial charge in [0.05, 0.1) is 40.1 Å². The molecule has 0 saturated carbocycles. The van der Waals surface area contributed by atoms with Crippen molar-refractivity contribution in [1.82, 2.24) is 0 Å². The van der Waals surface area contributed by atoms with Crippen LogP contribution in [-0.4, -0.2) is 41.2 Å². The number of ether oxygens (including phenoxy) is 4. The van der Waals surface area contributed by atoms with Crippen LogP contribution < -0.4 is 15.2 Å². The third kappa shape index (κ3) is 4.35. The summed E-state index contributed by atoms with van der Waals surface area (Å²) >= 11 is 3.45. The Balaban J connectivity index is 2.78. The van der Waals surface area contributed by atoms with Gasteiger partial charge in [-0.05, 0) is 28.1 Å². The van der Waals surface area contributed by atoms with Gasteiger partial charge < -0.3 is 24.7 Å². The first kappa shape index (κ1) is 16.2. The second kappa shape index (κ2) is 8.37. The number of hydrogen-bond donors (Lipinski definition) is 1. The first-order valence-corrected chi connectivity index (χ1v) is 6.67. The van der Waals surface area contributed by atoms with Gasteiger partial charge in [0.2, 0.25) is 0 Å². The summed E-state index contributed by atoms with van der Waals surface area (Å²) in [5.41, 5.74) is 6.97. The number of hydrogen-bond acceptors (Lipinski definition) is 5. The minimum atomic E-state index is -0.269. The van der Waals surface area contributed by atoms with Crippen LogP contribution in [0.3, 0.4) is 0 Å². The van der Waals surface area contributed by atoms with Crippen LogP contribution in [0.2, 0.25) is 0 Å². The molecule has 0 aliphatic heterocycles. The zero-order valence-corrected chi connectivity index (χ0v) is 13.0. The molecule has 1 aromatic rings. The normalized spacial score (nSPS) is 12.3. The Kier molecular flexibility index (Phi) is 7.15. The molecule has 5 nitrogen and oxygen atoms in total. The average Bonchev–Trinajstić information content (AvgIpc) is 2.43. The van der Waals surface area contributed by atoms with Crippen LogP contribution in [0.4, 0.5) is 0 Å². The van der Waals surface area contributed by atoms with Crippen molar-refractivity contribution < 1.29 is 18.9 Å². The van der Waals surface area contributed by atoms with E-state index in [-0.39, 0.29) is 6.04 Å². The number of methoxy groups -OCH3 is 3. The van der Waals surface area contributed by atoms with Gasteiger partial charge in [-0.15, -0.1) is 0 Å². The molecule has 2 N–H and O–H groups in total. The summed E-state index contributed by atoms with van der Waals surface area (Å²) < 4.78 is 21.7. The molecule has 0 amide bonds. The maximum Gasteiger partial charge on any atom is 0.141 e.